The van der Waals surface area contributed by atoms with Crippen molar-refractivity contribution in [2.45, 2.75) is 4.90 Å². The molecule has 149 valence electrons. The highest BCUT2D eigenvalue weighted by Gasteiger charge is 2.25. The molecule has 2 heterocycles. The fourth-order valence-corrected chi connectivity index (χ4v) is 3.67. The molecule has 8 heteroatoms. The Bertz CT molecular complexity index is 921. The van der Waals surface area contributed by atoms with Gasteiger partial charge in [-0.05, 0) is 41.5 Å². The van der Waals surface area contributed by atoms with E-state index in [9.17, 15) is 4.55 Å². The highest BCUT2D eigenvalue weighted by atomic mass is 32.2. The third-order valence-corrected chi connectivity index (χ3v) is 5.40. The summed E-state index contributed by atoms with van der Waals surface area (Å²) in [5.41, 5.74) is 1.78. The number of hydrogen-bond donors (Lipinski definition) is 1. The molecule has 1 aliphatic heterocycles. The van der Waals surface area contributed by atoms with Crippen molar-refractivity contribution in [3.63, 3.8) is 0 Å². The maximum atomic E-state index is 12.3. The van der Waals surface area contributed by atoms with Crippen LogP contribution in [-0.4, -0.2) is 52.1 Å². The van der Waals surface area contributed by atoms with Crippen LogP contribution in [0, 0.1) is 6.07 Å². The number of morpholine rings is 1. The summed E-state index contributed by atoms with van der Waals surface area (Å²) in [6.07, 6.45) is 3.25. The highest BCUT2D eigenvalue weighted by Crippen LogP contribution is 2.29. The van der Waals surface area contributed by atoms with Crippen molar-refractivity contribution in [2.24, 2.45) is 0 Å². The van der Waals surface area contributed by atoms with Gasteiger partial charge in [0.05, 0.1) is 25.1 Å². The summed E-state index contributed by atoms with van der Waals surface area (Å²) in [5, 5.41) is 7.41. The number of benzene rings is 2. The van der Waals surface area contributed by atoms with Gasteiger partial charge in [0.15, 0.2) is 5.82 Å². The monoisotopic (exact) mass is 408 g/mol. The molecule has 1 aliphatic rings. The number of aromatic nitrogens is 2. The van der Waals surface area contributed by atoms with E-state index in [2.05, 4.69) is 21.4 Å². The minimum atomic E-state index is -1.23. The highest BCUT2D eigenvalue weighted by molar-refractivity contribution is 7.90. The number of hydrogen-bond acceptors (Lipinski definition) is 7. The van der Waals surface area contributed by atoms with E-state index in [1.54, 1.807) is 12.5 Å². The molecule has 4 rings (SSSR count). The molecule has 7 nitrogen and oxygen atoms in total. The Morgan fingerprint density at radius 2 is 1.97 bits per heavy atom. The van der Waals surface area contributed by atoms with Gasteiger partial charge in [-0.3, -0.25) is 0 Å². The van der Waals surface area contributed by atoms with Crippen LogP contribution < -0.4 is 10.3 Å². The van der Waals surface area contributed by atoms with E-state index in [4.69, 9.17) is 9.72 Å². The first kappa shape index (κ1) is 19.7. The van der Waals surface area contributed by atoms with Crippen LogP contribution in [0.3, 0.4) is 0 Å². The second-order valence-electron chi connectivity index (χ2n) is 6.47. The van der Waals surface area contributed by atoms with Crippen molar-refractivity contribution in [1.82, 2.24) is 15.0 Å². The Morgan fingerprint density at radius 3 is 2.66 bits per heavy atom. The zero-order chi connectivity index (χ0) is 20.1. The molecule has 0 spiro atoms. The van der Waals surface area contributed by atoms with E-state index >= 15 is 0 Å². The summed E-state index contributed by atoms with van der Waals surface area (Å²) in [6, 6.07) is 20.5. The molecular formula is C21H22N5O2S. The minimum absolute atomic E-state index is 0.509. The summed E-state index contributed by atoms with van der Waals surface area (Å²) in [5.74, 6) is 1.03. The number of nitrogens with one attached hydrogen (secondary N) is 1. The lowest BCUT2D eigenvalue weighted by Gasteiger charge is -2.37. The number of rotatable bonds is 6. The van der Waals surface area contributed by atoms with Crippen molar-refractivity contribution < 1.29 is 9.29 Å². The van der Waals surface area contributed by atoms with Crippen LogP contribution in [0.4, 0.5) is 23.1 Å². The van der Waals surface area contributed by atoms with E-state index in [1.165, 1.54) is 0 Å². The van der Waals surface area contributed by atoms with Gasteiger partial charge in [0.25, 0.3) is 0 Å². The summed E-state index contributed by atoms with van der Waals surface area (Å²) < 4.78 is 17.8. The zero-order valence-electron chi connectivity index (χ0n) is 16.1. The van der Waals surface area contributed by atoms with Gasteiger partial charge in [0.2, 0.25) is 10.8 Å². The number of hydrazine groups is 1. The van der Waals surface area contributed by atoms with E-state index in [0.29, 0.717) is 29.9 Å². The number of nitrogens with zero attached hydrogens (tertiary/aromatic N) is 4. The van der Waals surface area contributed by atoms with Gasteiger partial charge in [0, 0.05) is 18.8 Å². The average molecular weight is 409 g/mol. The zero-order valence-corrected chi connectivity index (χ0v) is 16.9. The first-order valence-corrected chi connectivity index (χ1v) is 10.9. The predicted molar refractivity (Wildman–Crippen MR) is 114 cm³/mol. The summed E-state index contributed by atoms with van der Waals surface area (Å²) in [7, 11) is 0. The molecule has 1 radical (unpaired) electrons. The summed E-state index contributed by atoms with van der Waals surface area (Å²) >= 11 is -1.23. The quantitative estimate of drug-likeness (QED) is 0.628. The molecule has 0 bridgehead atoms. The van der Waals surface area contributed by atoms with Crippen molar-refractivity contribution in [3.05, 3.63) is 66.9 Å². The van der Waals surface area contributed by atoms with E-state index in [1.807, 2.05) is 59.6 Å². The van der Waals surface area contributed by atoms with Crippen molar-refractivity contribution in [3.8, 4) is 0 Å². The Labute approximate surface area is 173 Å². The van der Waals surface area contributed by atoms with Gasteiger partial charge in [0.1, 0.15) is 6.26 Å². The standard InChI is InChI=1S/C21H22N5O2S/c1-29(27)19-16-22-21(24-20(19)23-17-8-4-2-5-9-17)26(18-10-6-3-7-11-18)25-12-14-28-15-13-25/h2-4,6-11,16H,12-15H2,1H3,(H,22,23,24). The van der Waals surface area contributed by atoms with Gasteiger partial charge in [-0.2, -0.15) is 4.98 Å². The van der Waals surface area contributed by atoms with Crippen LogP contribution in [0.1, 0.15) is 0 Å². The largest absolute Gasteiger partial charge is 0.612 e. The van der Waals surface area contributed by atoms with Gasteiger partial charge in [-0.15, -0.1) is 0 Å². The second-order valence-corrected chi connectivity index (χ2v) is 7.82. The SMILES string of the molecule is C[S+]([O-])c1cnc(N(c2ccccc2)N2CCOCC2)nc1Nc1c[c]ccc1. The molecule has 2 aromatic carbocycles. The lowest BCUT2D eigenvalue weighted by atomic mass is 10.3. The lowest BCUT2D eigenvalue weighted by molar-refractivity contribution is 0.0371. The predicted octanol–water partition coefficient (Wildman–Crippen LogP) is 3.14. The van der Waals surface area contributed by atoms with Gasteiger partial charge in [-0.1, -0.05) is 30.3 Å². The molecule has 1 atom stereocenters. The smallest absolute Gasteiger partial charge is 0.247 e. The first-order chi connectivity index (χ1) is 14.2. The van der Waals surface area contributed by atoms with E-state index in [-0.39, 0.29) is 0 Å². The molecule has 1 fully saturated rings. The maximum Gasteiger partial charge on any atom is 0.247 e. The van der Waals surface area contributed by atoms with Gasteiger partial charge in [-0.25, -0.2) is 15.0 Å². The molecule has 1 saturated heterocycles. The topological polar surface area (TPSA) is 76.6 Å². The average Bonchev–Trinajstić information content (AvgIpc) is 2.76. The fraction of sp³-hybridized carbons (Fsp3) is 0.238. The molecule has 1 N–H and O–H groups in total. The van der Waals surface area contributed by atoms with Crippen LogP contribution in [0.2, 0.25) is 0 Å². The minimum Gasteiger partial charge on any atom is -0.612 e. The molecular weight excluding hydrogens is 386 g/mol. The summed E-state index contributed by atoms with van der Waals surface area (Å²) in [6.45, 7) is 2.75. The lowest BCUT2D eigenvalue weighted by Crippen LogP contribution is -2.47. The third kappa shape index (κ3) is 4.68. The van der Waals surface area contributed by atoms with E-state index < -0.39 is 11.2 Å². The molecule has 1 unspecified atom stereocenters. The summed E-state index contributed by atoms with van der Waals surface area (Å²) in [4.78, 5) is 9.85. The van der Waals surface area contributed by atoms with E-state index in [0.717, 1.165) is 24.5 Å². The number of anilines is 4. The van der Waals surface area contributed by atoms with Crippen molar-refractivity contribution >= 4 is 34.3 Å². The normalized spacial score (nSPS) is 15.7. The third-order valence-electron chi connectivity index (χ3n) is 4.48. The van der Waals surface area contributed by atoms with Crippen LogP contribution in [0.15, 0.2) is 65.7 Å². The van der Waals surface area contributed by atoms with Gasteiger partial charge >= 0.3 is 0 Å². The molecule has 0 saturated carbocycles. The van der Waals surface area contributed by atoms with Crippen molar-refractivity contribution in [1.29, 1.82) is 0 Å². The number of para-hydroxylation sites is 1. The molecule has 0 amide bonds. The fourth-order valence-electron chi connectivity index (χ4n) is 3.10. The molecule has 1 aromatic heterocycles. The Kier molecular flexibility index (Phi) is 6.26. The van der Waals surface area contributed by atoms with Crippen molar-refractivity contribution in [2.75, 3.05) is 42.9 Å². The van der Waals surface area contributed by atoms with Gasteiger partial charge < -0.3 is 14.6 Å². The van der Waals surface area contributed by atoms with Crippen LogP contribution in [0.5, 0.6) is 0 Å². The van der Waals surface area contributed by atoms with Crippen LogP contribution >= 0.6 is 0 Å². The Hall–Kier alpha value is -2.65. The van der Waals surface area contributed by atoms with Crippen LogP contribution in [0.25, 0.3) is 0 Å². The Balaban J connectivity index is 1.75. The first-order valence-electron chi connectivity index (χ1n) is 9.34. The van der Waals surface area contributed by atoms with Crippen LogP contribution in [-0.2, 0) is 15.9 Å². The molecule has 0 aliphatic carbocycles. The molecule has 29 heavy (non-hydrogen) atoms. The Morgan fingerprint density at radius 1 is 1.17 bits per heavy atom. The maximum absolute atomic E-state index is 12.3. The second kappa shape index (κ2) is 9.23. The number of ether oxygens (including phenoxy) is 1. The molecule has 3 aromatic rings.